The van der Waals surface area contributed by atoms with E-state index in [9.17, 15) is 4.39 Å². The molecule has 6 nitrogen and oxygen atoms in total. The van der Waals surface area contributed by atoms with Crippen molar-refractivity contribution in [1.29, 1.82) is 0 Å². The lowest BCUT2D eigenvalue weighted by Gasteiger charge is -2.27. The minimum Gasteiger partial charge on any atom is -0.493 e. The van der Waals surface area contributed by atoms with Gasteiger partial charge in [-0.3, -0.25) is 4.99 Å². The average molecular weight is 418 g/mol. The number of halogens is 1. The summed E-state index contributed by atoms with van der Waals surface area (Å²) in [5.41, 5.74) is 1.61. The van der Waals surface area contributed by atoms with Crippen LogP contribution in [0.3, 0.4) is 0 Å². The van der Waals surface area contributed by atoms with E-state index in [1.165, 1.54) is 6.07 Å². The first-order valence-corrected chi connectivity index (χ1v) is 9.92. The first-order valence-electron chi connectivity index (χ1n) is 9.92. The molecule has 2 N–H and O–H groups in total. The van der Waals surface area contributed by atoms with Crippen LogP contribution >= 0.6 is 0 Å². The Morgan fingerprint density at radius 2 is 1.73 bits per heavy atom. The van der Waals surface area contributed by atoms with Crippen molar-refractivity contribution in [3.05, 3.63) is 53.3 Å². The molecule has 0 saturated heterocycles. The van der Waals surface area contributed by atoms with Crippen LogP contribution in [0.5, 0.6) is 17.2 Å². The van der Waals surface area contributed by atoms with E-state index in [0.717, 1.165) is 11.1 Å². The molecule has 0 spiro atoms. The monoisotopic (exact) mass is 417 g/mol. The Hall–Kier alpha value is -2.96. The Balaban J connectivity index is 2.05. The second-order valence-corrected chi connectivity index (χ2v) is 7.44. The second kappa shape index (κ2) is 10.7. The minimum absolute atomic E-state index is 0.235. The van der Waals surface area contributed by atoms with Gasteiger partial charge in [0.25, 0.3) is 0 Å². The van der Waals surface area contributed by atoms with E-state index in [0.29, 0.717) is 42.9 Å². The molecule has 0 bridgehead atoms. The van der Waals surface area contributed by atoms with Crippen molar-refractivity contribution in [2.24, 2.45) is 4.99 Å². The molecule has 0 heterocycles. The number of nitrogens with zero attached hydrogens (tertiary/aromatic N) is 1. The van der Waals surface area contributed by atoms with Gasteiger partial charge in [-0.1, -0.05) is 26.0 Å². The molecule has 2 aromatic rings. The predicted molar refractivity (Wildman–Crippen MR) is 118 cm³/mol. The van der Waals surface area contributed by atoms with Crippen LogP contribution in [-0.2, 0) is 12.0 Å². The van der Waals surface area contributed by atoms with Crippen molar-refractivity contribution in [3.63, 3.8) is 0 Å². The third-order valence-corrected chi connectivity index (χ3v) is 4.80. The summed E-state index contributed by atoms with van der Waals surface area (Å²) in [5, 5.41) is 6.60. The fraction of sp³-hybridized carbons (Fsp3) is 0.435. The van der Waals surface area contributed by atoms with E-state index >= 15 is 0 Å². The highest BCUT2D eigenvalue weighted by Crippen LogP contribution is 2.38. The van der Waals surface area contributed by atoms with E-state index in [1.54, 1.807) is 33.4 Å². The van der Waals surface area contributed by atoms with Crippen LogP contribution in [0.25, 0.3) is 0 Å². The lowest BCUT2D eigenvalue weighted by Crippen LogP contribution is -2.43. The zero-order chi connectivity index (χ0) is 22.1. The molecule has 0 aliphatic rings. The van der Waals surface area contributed by atoms with Crippen LogP contribution < -0.4 is 24.8 Å². The maximum Gasteiger partial charge on any atom is 0.203 e. The summed E-state index contributed by atoms with van der Waals surface area (Å²) < 4.78 is 30.1. The zero-order valence-corrected chi connectivity index (χ0v) is 18.6. The minimum atomic E-state index is -0.273. The molecule has 2 aromatic carbocycles. The van der Waals surface area contributed by atoms with E-state index in [4.69, 9.17) is 14.2 Å². The Morgan fingerprint density at radius 3 is 2.27 bits per heavy atom. The molecule has 30 heavy (non-hydrogen) atoms. The molecule has 0 amide bonds. The topological polar surface area (TPSA) is 64.1 Å². The highest BCUT2D eigenvalue weighted by Gasteiger charge is 2.21. The lowest BCUT2D eigenvalue weighted by atomic mass is 9.84. The third kappa shape index (κ3) is 6.02. The van der Waals surface area contributed by atoms with Crippen molar-refractivity contribution in [3.8, 4) is 17.2 Å². The van der Waals surface area contributed by atoms with Crippen molar-refractivity contribution < 1.29 is 18.6 Å². The molecule has 0 atom stereocenters. The van der Waals surface area contributed by atoms with Crippen LogP contribution in [0, 0.1) is 5.82 Å². The van der Waals surface area contributed by atoms with Gasteiger partial charge >= 0.3 is 0 Å². The van der Waals surface area contributed by atoms with Gasteiger partial charge in [-0.25, -0.2) is 4.39 Å². The van der Waals surface area contributed by atoms with Gasteiger partial charge in [0.05, 0.1) is 20.8 Å². The van der Waals surface area contributed by atoms with Crippen LogP contribution in [0.1, 0.15) is 31.9 Å². The maximum absolute atomic E-state index is 13.6. The summed E-state index contributed by atoms with van der Waals surface area (Å²) in [6.07, 6.45) is 0. The SMILES string of the molecule is CCOc1c(OC)cc(CNC(=NC)NCC(C)(C)c2cccc(F)c2)cc1OC. The Morgan fingerprint density at radius 1 is 1.07 bits per heavy atom. The molecule has 0 aromatic heterocycles. The second-order valence-electron chi connectivity index (χ2n) is 7.44. The number of nitrogens with one attached hydrogen (secondary N) is 2. The molecule has 0 aliphatic heterocycles. The van der Waals surface area contributed by atoms with E-state index in [2.05, 4.69) is 29.5 Å². The number of aliphatic imine (C=N–C) groups is 1. The first-order chi connectivity index (χ1) is 14.3. The quantitative estimate of drug-likeness (QED) is 0.479. The fourth-order valence-corrected chi connectivity index (χ4v) is 3.05. The molecular formula is C23H32FN3O3. The van der Waals surface area contributed by atoms with Crippen molar-refractivity contribution >= 4 is 5.96 Å². The van der Waals surface area contributed by atoms with E-state index < -0.39 is 0 Å². The normalized spacial score (nSPS) is 11.8. The molecular weight excluding hydrogens is 385 g/mol. The van der Waals surface area contributed by atoms with Gasteiger partial charge in [0.1, 0.15) is 5.82 Å². The third-order valence-electron chi connectivity index (χ3n) is 4.80. The van der Waals surface area contributed by atoms with E-state index in [-0.39, 0.29) is 11.2 Å². The van der Waals surface area contributed by atoms with Gasteiger partial charge in [0, 0.05) is 25.6 Å². The number of rotatable bonds is 9. The molecule has 164 valence electrons. The summed E-state index contributed by atoms with van der Waals surface area (Å²) in [5.74, 6) is 2.23. The Labute approximate surface area is 178 Å². The highest BCUT2D eigenvalue weighted by atomic mass is 19.1. The lowest BCUT2D eigenvalue weighted by molar-refractivity contribution is 0.288. The molecule has 0 unspecified atom stereocenters. The van der Waals surface area contributed by atoms with Crippen molar-refractivity contribution in [2.75, 3.05) is 34.4 Å². The molecule has 0 fully saturated rings. The van der Waals surface area contributed by atoms with Gasteiger partial charge in [0.2, 0.25) is 5.75 Å². The van der Waals surface area contributed by atoms with Crippen LogP contribution in [0.2, 0.25) is 0 Å². The molecule has 7 heteroatoms. The van der Waals surface area contributed by atoms with Gasteiger partial charge < -0.3 is 24.8 Å². The van der Waals surface area contributed by atoms with Crippen LogP contribution in [0.4, 0.5) is 4.39 Å². The molecule has 0 saturated carbocycles. The largest absolute Gasteiger partial charge is 0.493 e. The zero-order valence-electron chi connectivity index (χ0n) is 18.6. The first kappa shape index (κ1) is 23.3. The average Bonchev–Trinajstić information content (AvgIpc) is 2.74. The molecule has 0 radical (unpaired) electrons. The maximum atomic E-state index is 13.6. The summed E-state index contributed by atoms with van der Waals surface area (Å²) in [6.45, 7) is 7.65. The summed E-state index contributed by atoms with van der Waals surface area (Å²) >= 11 is 0. The Kier molecular flexibility index (Phi) is 8.33. The van der Waals surface area contributed by atoms with Crippen molar-refractivity contribution in [1.82, 2.24) is 10.6 Å². The van der Waals surface area contributed by atoms with Gasteiger partial charge in [-0.2, -0.15) is 0 Å². The van der Waals surface area contributed by atoms with Gasteiger partial charge in [0.15, 0.2) is 17.5 Å². The number of methoxy groups -OCH3 is 2. The smallest absolute Gasteiger partial charge is 0.203 e. The van der Waals surface area contributed by atoms with E-state index in [1.807, 2.05) is 25.1 Å². The predicted octanol–water partition coefficient (Wildman–Crippen LogP) is 3.88. The van der Waals surface area contributed by atoms with Crippen LogP contribution in [-0.4, -0.2) is 40.4 Å². The summed E-state index contributed by atoms with van der Waals surface area (Å²) in [6, 6.07) is 10.5. The van der Waals surface area contributed by atoms with Gasteiger partial charge in [-0.15, -0.1) is 0 Å². The summed E-state index contributed by atoms with van der Waals surface area (Å²) in [7, 11) is 4.91. The number of ether oxygens (including phenoxy) is 3. The Bertz CT molecular complexity index is 844. The van der Waals surface area contributed by atoms with Crippen molar-refractivity contribution in [2.45, 2.75) is 32.7 Å². The number of hydrogen-bond acceptors (Lipinski definition) is 4. The number of hydrogen-bond donors (Lipinski definition) is 2. The fourth-order valence-electron chi connectivity index (χ4n) is 3.05. The standard InChI is InChI=1S/C23H32FN3O3/c1-7-30-21-19(28-5)11-16(12-20(21)29-6)14-26-22(25-4)27-15-23(2,3)17-9-8-10-18(24)13-17/h8-13H,7,14-15H2,1-6H3,(H2,25,26,27). The highest BCUT2D eigenvalue weighted by molar-refractivity contribution is 5.79. The number of benzene rings is 2. The van der Waals surface area contributed by atoms with Gasteiger partial charge in [-0.05, 0) is 42.3 Å². The summed E-state index contributed by atoms with van der Waals surface area (Å²) in [4.78, 5) is 4.28. The number of guanidine groups is 1. The molecule has 0 aliphatic carbocycles. The molecule has 2 rings (SSSR count). The van der Waals surface area contributed by atoms with Crippen LogP contribution in [0.15, 0.2) is 41.4 Å².